The molecule has 90 valence electrons. The molecule has 16 heavy (non-hydrogen) atoms. The summed E-state index contributed by atoms with van der Waals surface area (Å²) in [6.07, 6.45) is 1.68. The van der Waals surface area contributed by atoms with Crippen molar-refractivity contribution in [3.63, 3.8) is 0 Å². The second kappa shape index (κ2) is 4.65. The first kappa shape index (κ1) is 11.8. The van der Waals surface area contributed by atoms with E-state index in [0.717, 1.165) is 42.6 Å². The normalized spacial score (nSPS) is 20.9. The van der Waals surface area contributed by atoms with Gasteiger partial charge in [0.2, 0.25) is 5.13 Å². The molecule has 1 fully saturated rings. The Kier molecular flexibility index (Phi) is 3.41. The number of hydrogen-bond acceptors (Lipinski definition) is 6. The maximum Gasteiger partial charge on any atom is 0.205 e. The van der Waals surface area contributed by atoms with Crippen LogP contribution in [0.3, 0.4) is 0 Å². The first-order chi connectivity index (χ1) is 7.59. The van der Waals surface area contributed by atoms with Crippen LogP contribution in [-0.2, 0) is 6.54 Å². The van der Waals surface area contributed by atoms with Gasteiger partial charge >= 0.3 is 0 Å². The standard InChI is InChI=1S/C10H18N4OS/c1-10(15)3-5-14(6-4-10)7-8-12-13-9(11-2)16-8/h15H,3-7H2,1-2H3,(H,11,13). The fourth-order valence-corrected chi connectivity index (χ4v) is 2.54. The van der Waals surface area contributed by atoms with Crippen molar-refractivity contribution in [3.8, 4) is 0 Å². The van der Waals surface area contributed by atoms with E-state index in [4.69, 9.17) is 0 Å². The van der Waals surface area contributed by atoms with E-state index in [1.807, 2.05) is 14.0 Å². The molecule has 0 aromatic carbocycles. The zero-order valence-corrected chi connectivity index (χ0v) is 10.5. The van der Waals surface area contributed by atoms with E-state index >= 15 is 0 Å². The second-order valence-corrected chi connectivity index (χ2v) is 5.59. The molecule has 0 unspecified atom stereocenters. The lowest BCUT2D eigenvalue weighted by Crippen LogP contribution is -2.41. The number of nitrogens with one attached hydrogen (secondary N) is 1. The fourth-order valence-electron chi connectivity index (χ4n) is 1.80. The summed E-state index contributed by atoms with van der Waals surface area (Å²) >= 11 is 1.59. The van der Waals surface area contributed by atoms with E-state index < -0.39 is 5.60 Å². The van der Waals surface area contributed by atoms with Gasteiger partial charge in [0.1, 0.15) is 5.01 Å². The molecule has 1 aliphatic rings. The largest absolute Gasteiger partial charge is 0.390 e. The Balaban J connectivity index is 1.87. The number of likely N-dealkylation sites (tertiary alicyclic amines) is 1. The van der Waals surface area contributed by atoms with Gasteiger partial charge in [-0.15, -0.1) is 10.2 Å². The lowest BCUT2D eigenvalue weighted by molar-refractivity contribution is -0.00734. The number of aromatic nitrogens is 2. The van der Waals surface area contributed by atoms with Gasteiger partial charge in [0, 0.05) is 20.1 Å². The quantitative estimate of drug-likeness (QED) is 0.825. The number of hydrogen-bond donors (Lipinski definition) is 2. The van der Waals surface area contributed by atoms with E-state index in [0.29, 0.717) is 0 Å². The van der Waals surface area contributed by atoms with Crippen LogP contribution in [0.2, 0.25) is 0 Å². The summed E-state index contributed by atoms with van der Waals surface area (Å²) in [6.45, 7) is 4.62. The maximum atomic E-state index is 9.84. The van der Waals surface area contributed by atoms with Crippen molar-refractivity contribution in [2.75, 3.05) is 25.5 Å². The summed E-state index contributed by atoms with van der Waals surface area (Å²) in [5.41, 5.74) is -0.478. The van der Waals surface area contributed by atoms with Gasteiger partial charge in [0.25, 0.3) is 0 Å². The summed E-state index contributed by atoms with van der Waals surface area (Å²) in [6, 6.07) is 0. The van der Waals surface area contributed by atoms with Crippen LogP contribution in [0.4, 0.5) is 5.13 Å². The number of piperidine rings is 1. The van der Waals surface area contributed by atoms with Crippen molar-refractivity contribution in [1.82, 2.24) is 15.1 Å². The van der Waals surface area contributed by atoms with Crippen LogP contribution >= 0.6 is 11.3 Å². The van der Waals surface area contributed by atoms with Crippen molar-refractivity contribution >= 4 is 16.5 Å². The highest BCUT2D eigenvalue weighted by atomic mass is 32.1. The van der Waals surface area contributed by atoms with Gasteiger partial charge in [0.05, 0.1) is 12.1 Å². The molecule has 2 N–H and O–H groups in total. The molecule has 0 atom stereocenters. The van der Waals surface area contributed by atoms with Crippen LogP contribution in [0.15, 0.2) is 0 Å². The van der Waals surface area contributed by atoms with Crippen molar-refractivity contribution < 1.29 is 5.11 Å². The Labute approximate surface area is 99.5 Å². The Morgan fingerprint density at radius 3 is 2.69 bits per heavy atom. The van der Waals surface area contributed by atoms with Crippen LogP contribution in [0.1, 0.15) is 24.8 Å². The van der Waals surface area contributed by atoms with E-state index in [-0.39, 0.29) is 0 Å². The zero-order chi connectivity index (χ0) is 11.6. The highest BCUT2D eigenvalue weighted by Gasteiger charge is 2.27. The molecule has 2 heterocycles. The maximum absolute atomic E-state index is 9.84. The average molecular weight is 242 g/mol. The van der Waals surface area contributed by atoms with Gasteiger partial charge in [0.15, 0.2) is 0 Å². The molecule has 1 aromatic rings. The van der Waals surface area contributed by atoms with Gasteiger partial charge in [-0.2, -0.15) is 0 Å². The van der Waals surface area contributed by atoms with Crippen LogP contribution in [0, 0.1) is 0 Å². The molecule has 0 aliphatic carbocycles. The Bertz CT molecular complexity index is 342. The first-order valence-electron chi connectivity index (χ1n) is 5.54. The van der Waals surface area contributed by atoms with Gasteiger partial charge in [-0.05, 0) is 19.8 Å². The molecule has 5 nitrogen and oxygen atoms in total. The van der Waals surface area contributed by atoms with Crippen LogP contribution in [-0.4, -0.2) is 45.9 Å². The fraction of sp³-hybridized carbons (Fsp3) is 0.800. The molecule has 0 radical (unpaired) electrons. The predicted octanol–water partition coefficient (Wildman–Crippen LogP) is 0.927. The third-order valence-electron chi connectivity index (χ3n) is 2.97. The lowest BCUT2D eigenvalue weighted by Gasteiger charge is -2.35. The van der Waals surface area contributed by atoms with Crippen molar-refractivity contribution in [1.29, 1.82) is 0 Å². The molecule has 6 heteroatoms. The molecular weight excluding hydrogens is 224 g/mol. The molecule has 0 amide bonds. The Morgan fingerprint density at radius 2 is 2.12 bits per heavy atom. The minimum Gasteiger partial charge on any atom is -0.390 e. The highest BCUT2D eigenvalue weighted by molar-refractivity contribution is 7.15. The van der Waals surface area contributed by atoms with Crippen molar-refractivity contribution in [2.45, 2.75) is 31.9 Å². The smallest absolute Gasteiger partial charge is 0.205 e. The average Bonchev–Trinajstić information content (AvgIpc) is 2.69. The first-order valence-corrected chi connectivity index (χ1v) is 6.35. The molecule has 1 aliphatic heterocycles. The summed E-state index contributed by atoms with van der Waals surface area (Å²) in [5, 5.41) is 22.8. The lowest BCUT2D eigenvalue weighted by atomic mass is 9.94. The Morgan fingerprint density at radius 1 is 1.44 bits per heavy atom. The van der Waals surface area contributed by atoms with E-state index in [1.165, 1.54) is 0 Å². The predicted molar refractivity (Wildman–Crippen MR) is 64.6 cm³/mol. The monoisotopic (exact) mass is 242 g/mol. The number of aliphatic hydroxyl groups is 1. The minimum atomic E-state index is -0.478. The van der Waals surface area contributed by atoms with Gasteiger partial charge < -0.3 is 10.4 Å². The van der Waals surface area contributed by atoms with Crippen molar-refractivity contribution in [3.05, 3.63) is 5.01 Å². The topological polar surface area (TPSA) is 61.3 Å². The molecule has 2 rings (SSSR count). The van der Waals surface area contributed by atoms with Crippen molar-refractivity contribution in [2.24, 2.45) is 0 Å². The second-order valence-electron chi connectivity index (χ2n) is 4.52. The van der Waals surface area contributed by atoms with E-state index in [9.17, 15) is 5.11 Å². The SMILES string of the molecule is CNc1nnc(CN2CCC(C)(O)CC2)s1. The van der Waals surface area contributed by atoms with Crippen LogP contribution < -0.4 is 5.32 Å². The molecule has 1 saturated heterocycles. The molecule has 0 spiro atoms. The van der Waals surface area contributed by atoms with Crippen LogP contribution in [0.5, 0.6) is 0 Å². The molecular formula is C10H18N4OS. The third kappa shape index (κ3) is 2.90. The molecule has 0 saturated carbocycles. The number of rotatable bonds is 3. The summed E-state index contributed by atoms with van der Waals surface area (Å²) in [7, 11) is 1.85. The van der Waals surface area contributed by atoms with Gasteiger partial charge in [-0.25, -0.2) is 0 Å². The highest BCUT2D eigenvalue weighted by Crippen LogP contribution is 2.23. The number of nitrogens with zero attached hydrogens (tertiary/aromatic N) is 3. The summed E-state index contributed by atoms with van der Waals surface area (Å²) < 4.78 is 0. The van der Waals surface area contributed by atoms with E-state index in [2.05, 4.69) is 20.4 Å². The van der Waals surface area contributed by atoms with Crippen LogP contribution in [0.25, 0.3) is 0 Å². The number of anilines is 1. The summed E-state index contributed by atoms with van der Waals surface area (Å²) in [5.74, 6) is 0. The summed E-state index contributed by atoms with van der Waals surface area (Å²) in [4.78, 5) is 2.32. The van der Waals surface area contributed by atoms with Gasteiger partial charge in [-0.3, -0.25) is 4.90 Å². The molecule has 0 bridgehead atoms. The van der Waals surface area contributed by atoms with E-state index in [1.54, 1.807) is 11.3 Å². The third-order valence-corrected chi connectivity index (χ3v) is 3.90. The zero-order valence-electron chi connectivity index (χ0n) is 9.73. The molecule has 1 aromatic heterocycles. The Hall–Kier alpha value is -0.720. The minimum absolute atomic E-state index is 0.478. The van der Waals surface area contributed by atoms with Gasteiger partial charge in [-0.1, -0.05) is 11.3 Å².